The van der Waals surface area contributed by atoms with Gasteiger partial charge in [0.2, 0.25) is 0 Å². The van der Waals surface area contributed by atoms with Gasteiger partial charge in [0.1, 0.15) is 0 Å². The van der Waals surface area contributed by atoms with Crippen molar-refractivity contribution in [2.24, 2.45) is 0 Å². The standard InChI is InChI=1S/C18H17Cl2NO3/c1-12(13-6-3-2-4-7-13)10-17(23)24-11-16(22)21-15-9-5-8-14(19)18(15)20/h2-9,12H,10-11H2,1H3,(H,21,22)/t12-/m0/s1. The molecule has 1 atom stereocenters. The molecule has 0 bridgehead atoms. The van der Waals surface area contributed by atoms with Gasteiger partial charge in [-0.05, 0) is 23.6 Å². The monoisotopic (exact) mass is 365 g/mol. The van der Waals surface area contributed by atoms with Gasteiger partial charge in [-0.3, -0.25) is 9.59 Å². The molecule has 0 aliphatic heterocycles. The number of carbonyl (C=O) groups excluding carboxylic acids is 2. The van der Waals surface area contributed by atoms with E-state index in [4.69, 9.17) is 27.9 Å². The molecule has 0 radical (unpaired) electrons. The topological polar surface area (TPSA) is 55.4 Å². The summed E-state index contributed by atoms with van der Waals surface area (Å²) in [6.07, 6.45) is 0.204. The van der Waals surface area contributed by atoms with Gasteiger partial charge < -0.3 is 10.1 Å². The first kappa shape index (κ1) is 18.3. The number of carbonyl (C=O) groups is 2. The van der Waals surface area contributed by atoms with E-state index in [1.54, 1.807) is 18.2 Å². The molecule has 6 heteroatoms. The minimum atomic E-state index is -0.472. The second-order valence-corrected chi connectivity index (χ2v) is 6.11. The average Bonchev–Trinajstić information content (AvgIpc) is 2.58. The summed E-state index contributed by atoms with van der Waals surface area (Å²) < 4.78 is 5.01. The number of benzene rings is 2. The normalized spacial score (nSPS) is 11.6. The van der Waals surface area contributed by atoms with Crippen LogP contribution in [0, 0.1) is 0 Å². The smallest absolute Gasteiger partial charge is 0.306 e. The van der Waals surface area contributed by atoms with E-state index >= 15 is 0 Å². The number of rotatable bonds is 6. The average molecular weight is 366 g/mol. The second-order valence-electron chi connectivity index (χ2n) is 5.33. The van der Waals surface area contributed by atoms with E-state index in [1.165, 1.54) is 0 Å². The van der Waals surface area contributed by atoms with E-state index in [0.29, 0.717) is 10.7 Å². The molecule has 0 unspecified atom stereocenters. The fourth-order valence-corrected chi connectivity index (χ4v) is 2.49. The number of halogens is 2. The summed E-state index contributed by atoms with van der Waals surface area (Å²) >= 11 is 11.9. The highest BCUT2D eigenvalue weighted by atomic mass is 35.5. The first-order chi connectivity index (χ1) is 11.5. The van der Waals surface area contributed by atoms with Gasteiger partial charge in [-0.2, -0.15) is 0 Å². The largest absolute Gasteiger partial charge is 0.456 e. The highest BCUT2D eigenvalue weighted by molar-refractivity contribution is 6.43. The van der Waals surface area contributed by atoms with Crippen molar-refractivity contribution in [3.8, 4) is 0 Å². The number of ether oxygens (including phenoxy) is 1. The Bertz CT molecular complexity index is 719. The van der Waals surface area contributed by atoms with Gasteiger partial charge in [0.25, 0.3) is 5.91 Å². The SMILES string of the molecule is C[C@@H](CC(=O)OCC(=O)Nc1cccc(Cl)c1Cl)c1ccccc1. The van der Waals surface area contributed by atoms with Crippen molar-refractivity contribution in [3.63, 3.8) is 0 Å². The van der Waals surface area contributed by atoms with Gasteiger partial charge in [-0.1, -0.05) is 66.5 Å². The molecule has 0 spiro atoms. The maximum Gasteiger partial charge on any atom is 0.306 e. The molecular formula is C18H17Cl2NO3. The maximum atomic E-state index is 11.9. The molecule has 2 rings (SSSR count). The molecule has 4 nitrogen and oxygen atoms in total. The molecule has 1 N–H and O–H groups in total. The van der Waals surface area contributed by atoms with E-state index in [9.17, 15) is 9.59 Å². The molecule has 0 aliphatic rings. The fourth-order valence-electron chi connectivity index (χ4n) is 2.14. The van der Waals surface area contributed by atoms with Crippen LogP contribution in [0.3, 0.4) is 0 Å². The van der Waals surface area contributed by atoms with Crippen LogP contribution in [0.15, 0.2) is 48.5 Å². The maximum absolute atomic E-state index is 11.9. The summed E-state index contributed by atoms with van der Waals surface area (Å²) in [5.74, 6) is -0.886. The molecule has 24 heavy (non-hydrogen) atoms. The van der Waals surface area contributed by atoms with Crippen molar-refractivity contribution in [2.75, 3.05) is 11.9 Å². The van der Waals surface area contributed by atoms with Gasteiger partial charge in [-0.25, -0.2) is 0 Å². The number of esters is 1. The zero-order valence-corrected chi connectivity index (χ0v) is 14.6. The van der Waals surface area contributed by atoms with Gasteiger partial charge in [0.15, 0.2) is 6.61 Å². The number of hydrogen-bond acceptors (Lipinski definition) is 3. The summed E-state index contributed by atoms with van der Waals surface area (Å²) in [6.45, 7) is 1.56. The van der Waals surface area contributed by atoms with Crippen molar-refractivity contribution in [1.29, 1.82) is 0 Å². The highest BCUT2D eigenvalue weighted by Gasteiger charge is 2.14. The van der Waals surface area contributed by atoms with Crippen LogP contribution in [-0.2, 0) is 14.3 Å². The van der Waals surface area contributed by atoms with E-state index in [-0.39, 0.29) is 24.0 Å². The van der Waals surface area contributed by atoms with Crippen LogP contribution < -0.4 is 5.32 Å². The lowest BCUT2D eigenvalue weighted by atomic mass is 9.98. The van der Waals surface area contributed by atoms with Crippen molar-refractivity contribution < 1.29 is 14.3 Å². The van der Waals surface area contributed by atoms with Crippen LogP contribution in [0.25, 0.3) is 0 Å². The van der Waals surface area contributed by atoms with E-state index in [2.05, 4.69) is 5.32 Å². The lowest BCUT2D eigenvalue weighted by Gasteiger charge is -2.12. The summed E-state index contributed by atoms with van der Waals surface area (Å²) in [4.78, 5) is 23.7. The van der Waals surface area contributed by atoms with Crippen LogP contribution in [0.1, 0.15) is 24.8 Å². The number of anilines is 1. The Morgan fingerprint density at radius 3 is 2.50 bits per heavy atom. The lowest BCUT2D eigenvalue weighted by molar-refractivity contribution is -0.147. The zero-order valence-electron chi connectivity index (χ0n) is 13.1. The third-order valence-electron chi connectivity index (χ3n) is 3.43. The van der Waals surface area contributed by atoms with Crippen LogP contribution in [0.5, 0.6) is 0 Å². The van der Waals surface area contributed by atoms with Crippen molar-refractivity contribution in [3.05, 3.63) is 64.1 Å². The minimum Gasteiger partial charge on any atom is -0.456 e. The van der Waals surface area contributed by atoms with E-state index in [1.807, 2.05) is 37.3 Å². The molecule has 0 saturated carbocycles. The first-order valence-corrected chi connectivity index (χ1v) is 8.17. The van der Waals surface area contributed by atoms with Crippen molar-refractivity contribution >= 4 is 40.8 Å². The Balaban J connectivity index is 1.81. The molecule has 0 aromatic heterocycles. The molecule has 0 fully saturated rings. The molecule has 0 aliphatic carbocycles. The summed E-state index contributed by atoms with van der Waals surface area (Å²) in [7, 11) is 0. The van der Waals surface area contributed by atoms with Gasteiger partial charge in [-0.15, -0.1) is 0 Å². The third-order valence-corrected chi connectivity index (χ3v) is 4.25. The van der Waals surface area contributed by atoms with E-state index < -0.39 is 11.9 Å². The van der Waals surface area contributed by atoms with Crippen molar-refractivity contribution in [2.45, 2.75) is 19.3 Å². The Kier molecular flexibility index (Phi) is 6.64. The lowest BCUT2D eigenvalue weighted by Crippen LogP contribution is -2.21. The Morgan fingerprint density at radius 1 is 1.08 bits per heavy atom. The molecule has 0 saturated heterocycles. The summed E-state index contributed by atoms with van der Waals surface area (Å²) in [6, 6.07) is 14.5. The van der Waals surface area contributed by atoms with Crippen LogP contribution >= 0.6 is 23.2 Å². The number of amides is 1. The quantitative estimate of drug-likeness (QED) is 0.756. The molecule has 2 aromatic rings. The van der Waals surface area contributed by atoms with Crippen LogP contribution in [0.2, 0.25) is 10.0 Å². The molecule has 2 aromatic carbocycles. The van der Waals surface area contributed by atoms with Gasteiger partial charge >= 0.3 is 5.97 Å². The van der Waals surface area contributed by atoms with Crippen LogP contribution in [-0.4, -0.2) is 18.5 Å². The van der Waals surface area contributed by atoms with Gasteiger partial charge in [0, 0.05) is 0 Å². The minimum absolute atomic E-state index is 0.0177. The van der Waals surface area contributed by atoms with Crippen molar-refractivity contribution in [1.82, 2.24) is 0 Å². The van der Waals surface area contributed by atoms with E-state index in [0.717, 1.165) is 5.56 Å². The Morgan fingerprint density at radius 2 is 1.79 bits per heavy atom. The Labute approximate surface area is 150 Å². The van der Waals surface area contributed by atoms with Crippen LogP contribution in [0.4, 0.5) is 5.69 Å². The molecule has 1 amide bonds. The number of hydrogen-bond donors (Lipinski definition) is 1. The summed E-state index contributed by atoms with van der Waals surface area (Å²) in [5, 5.41) is 3.14. The Hall–Kier alpha value is -2.04. The number of nitrogens with one attached hydrogen (secondary N) is 1. The summed E-state index contributed by atoms with van der Waals surface area (Å²) in [5.41, 5.74) is 1.42. The molecular weight excluding hydrogens is 349 g/mol. The molecule has 126 valence electrons. The highest BCUT2D eigenvalue weighted by Crippen LogP contribution is 2.29. The molecule has 0 heterocycles. The fraction of sp³-hybridized carbons (Fsp3) is 0.222. The van der Waals surface area contributed by atoms with Gasteiger partial charge in [0.05, 0.1) is 22.2 Å². The predicted octanol–water partition coefficient (Wildman–Crippen LogP) is 4.67. The second kappa shape index (κ2) is 8.71. The predicted molar refractivity (Wildman–Crippen MR) is 95.5 cm³/mol. The first-order valence-electron chi connectivity index (χ1n) is 7.42. The zero-order chi connectivity index (χ0) is 17.5. The third kappa shape index (κ3) is 5.25.